The highest BCUT2D eigenvalue weighted by molar-refractivity contribution is 5.40. The minimum absolute atomic E-state index is 0.604. The van der Waals surface area contributed by atoms with Crippen molar-refractivity contribution < 1.29 is 9.84 Å². The Hall–Kier alpha value is -1.13. The van der Waals surface area contributed by atoms with Gasteiger partial charge in [0.25, 0.3) is 0 Å². The lowest BCUT2D eigenvalue weighted by atomic mass is 9.94. The van der Waals surface area contributed by atoms with Crippen LogP contribution >= 0.6 is 0 Å². The Balaban J connectivity index is 2.03. The van der Waals surface area contributed by atoms with Gasteiger partial charge < -0.3 is 14.7 Å². The third-order valence-corrected chi connectivity index (χ3v) is 3.25. The number of rotatable bonds is 3. The molecule has 17 heavy (non-hydrogen) atoms. The van der Waals surface area contributed by atoms with Crippen LogP contribution in [0.3, 0.4) is 0 Å². The van der Waals surface area contributed by atoms with Gasteiger partial charge in [0.05, 0.1) is 5.60 Å². The molecule has 4 nitrogen and oxygen atoms in total. The highest BCUT2D eigenvalue weighted by Gasteiger charge is 2.31. The molecule has 94 valence electrons. The molecule has 0 unspecified atom stereocenters. The number of aryl methyl sites for hydroxylation is 1. The van der Waals surface area contributed by atoms with Crippen molar-refractivity contribution in [1.82, 2.24) is 4.98 Å². The molecule has 1 fully saturated rings. The molecule has 1 aliphatic heterocycles. The lowest BCUT2D eigenvalue weighted by molar-refractivity contribution is -0.0573. The van der Waals surface area contributed by atoms with Gasteiger partial charge in [0.15, 0.2) is 0 Å². The molecule has 1 saturated heterocycles. The monoisotopic (exact) mass is 236 g/mol. The molecular weight excluding hydrogens is 216 g/mol. The van der Waals surface area contributed by atoms with E-state index < -0.39 is 5.60 Å². The first kappa shape index (κ1) is 12.3. The fraction of sp³-hybridized carbons (Fsp3) is 0.615. The molecular formula is C13H20N2O2. The van der Waals surface area contributed by atoms with Crippen molar-refractivity contribution in [2.75, 3.05) is 31.7 Å². The van der Waals surface area contributed by atoms with Crippen molar-refractivity contribution in [1.29, 1.82) is 0 Å². The molecule has 2 rings (SSSR count). The quantitative estimate of drug-likeness (QED) is 0.861. The van der Waals surface area contributed by atoms with E-state index >= 15 is 0 Å². The Morgan fingerprint density at radius 3 is 2.82 bits per heavy atom. The van der Waals surface area contributed by atoms with Crippen molar-refractivity contribution in [3.8, 4) is 0 Å². The van der Waals surface area contributed by atoms with E-state index in [-0.39, 0.29) is 0 Å². The average molecular weight is 236 g/mol. The molecule has 4 heteroatoms. The summed E-state index contributed by atoms with van der Waals surface area (Å²) in [5, 5.41) is 10.4. The molecule has 1 N–H and O–H groups in total. The van der Waals surface area contributed by atoms with Crippen LogP contribution in [0.4, 0.5) is 5.82 Å². The number of anilines is 1. The molecule has 0 aromatic carbocycles. The van der Waals surface area contributed by atoms with Crippen LogP contribution in [0.1, 0.15) is 18.4 Å². The molecule has 0 radical (unpaired) electrons. The van der Waals surface area contributed by atoms with Crippen molar-refractivity contribution in [2.45, 2.75) is 25.4 Å². The van der Waals surface area contributed by atoms with E-state index in [0.29, 0.717) is 32.6 Å². The smallest absolute Gasteiger partial charge is 0.128 e. The first-order valence-electron chi connectivity index (χ1n) is 6.03. The van der Waals surface area contributed by atoms with Crippen molar-refractivity contribution in [3.63, 3.8) is 0 Å². The van der Waals surface area contributed by atoms with Crippen LogP contribution in [0.25, 0.3) is 0 Å². The van der Waals surface area contributed by atoms with Gasteiger partial charge in [-0.2, -0.15) is 0 Å². The van der Waals surface area contributed by atoms with Crippen LogP contribution in [0.5, 0.6) is 0 Å². The number of aliphatic hydroxyl groups is 1. The van der Waals surface area contributed by atoms with Gasteiger partial charge in [-0.1, -0.05) is 0 Å². The fourth-order valence-electron chi connectivity index (χ4n) is 2.16. The standard InChI is InChI=1S/C13H20N2O2/c1-11-3-6-14-12(9-11)15(2)10-13(16)4-7-17-8-5-13/h3,6,9,16H,4-5,7-8,10H2,1-2H3. The van der Waals surface area contributed by atoms with E-state index in [4.69, 9.17) is 4.74 Å². The molecule has 0 amide bonds. The predicted octanol–water partition coefficient (Wildman–Crippen LogP) is 1.37. The molecule has 1 aromatic heterocycles. The highest BCUT2D eigenvalue weighted by atomic mass is 16.5. The Kier molecular flexibility index (Phi) is 3.64. The van der Waals surface area contributed by atoms with E-state index in [2.05, 4.69) is 4.98 Å². The Morgan fingerprint density at radius 2 is 2.18 bits per heavy atom. The van der Waals surface area contributed by atoms with Crippen molar-refractivity contribution in [3.05, 3.63) is 23.9 Å². The predicted molar refractivity (Wildman–Crippen MR) is 67.2 cm³/mol. The maximum Gasteiger partial charge on any atom is 0.128 e. The maximum absolute atomic E-state index is 10.4. The van der Waals surface area contributed by atoms with Crippen molar-refractivity contribution >= 4 is 5.82 Å². The zero-order valence-electron chi connectivity index (χ0n) is 10.5. The average Bonchev–Trinajstić information content (AvgIpc) is 2.29. The third-order valence-electron chi connectivity index (χ3n) is 3.25. The van der Waals surface area contributed by atoms with E-state index in [1.54, 1.807) is 6.20 Å². The number of pyridine rings is 1. The normalized spacial score (nSPS) is 19.0. The van der Waals surface area contributed by atoms with Crippen LogP contribution in [0, 0.1) is 6.92 Å². The van der Waals surface area contributed by atoms with Gasteiger partial charge in [-0.05, 0) is 24.6 Å². The zero-order valence-corrected chi connectivity index (χ0v) is 10.5. The summed E-state index contributed by atoms with van der Waals surface area (Å²) < 4.78 is 5.28. The summed E-state index contributed by atoms with van der Waals surface area (Å²) in [6.45, 7) is 3.94. The van der Waals surface area contributed by atoms with Gasteiger partial charge in [-0.25, -0.2) is 4.98 Å². The Morgan fingerprint density at radius 1 is 1.47 bits per heavy atom. The van der Waals surface area contributed by atoms with Crippen LogP contribution in [0.15, 0.2) is 18.3 Å². The molecule has 2 heterocycles. The van der Waals surface area contributed by atoms with Gasteiger partial charge >= 0.3 is 0 Å². The molecule has 0 aliphatic carbocycles. The largest absolute Gasteiger partial charge is 0.388 e. The SMILES string of the molecule is Cc1ccnc(N(C)CC2(O)CCOCC2)c1. The van der Waals surface area contributed by atoms with E-state index in [9.17, 15) is 5.11 Å². The van der Waals surface area contributed by atoms with Gasteiger partial charge in [-0.3, -0.25) is 0 Å². The Bertz CT molecular complexity index is 375. The molecule has 0 bridgehead atoms. The van der Waals surface area contributed by atoms with Crippen LogP contribution in [-0.4, -0.2) is 42.5 Å². The summed E-state index contributed by atoms with van der Waals surface area (Å²) in [6, 6.07) is 4.00. The summed E-state index contributed by atoms with van der Waals surface area (Å²) in [6.07, 6.45) is 3.20. The second-order valence-corrected chi connectivity index (χ2v) is 4.88. The van der Waals surface area contributed by atoms with E-state index in [1.807, 2.05) is 31.0 Å². The topological polar surface area (TPSA) is 45.6 Å². The Labute approximate surface area is 102 Å². The maximum atomic E-state index is 10.4. The van der Waals surface area contributed by atoms with Gasteiger partial charge in [0, 0.05) is 45.8 Å². The fourth-order valence-corrected chi connectivity index (χ4v) is 2.16. The number of hydrogen-bond acceptors (Lipinski definition) is 4. The first-order chi connectivity index (χ1) is 8.09. The minimum atomic E-state index is -0.640. The first-order valence-corrected chi connectivity index (χ1v) is 6.03. The summed E-state index contributed by atoms with van der Waals surface area (Å²) in [7, 11) is 1.97. The van der Waals surface area contributed by atoms with E-state index in [0.717, 1.165) is 5.82 Å². The molecule has 1 aliphatic rings. The van der Waals surface area contributed by atoms with Crippen LogP contribution < -0.4 is 4.90 Å². The van der Waals surface area contributed by atoms with Crippen molar-refractivity contribution in [2.24, 2.45) is 0 Å². The molecule has 1 aromatic rings. The lowest BCUT2D eigenvalue weighted by Crippen LogP contribution is -2.46. The van der Waals surface area contributed by atoms with Gasteiger partial charge in [0.2, 0.25) is 0 Å². The van der Waals surface area contributed by atoms with Crippen LogP contribution in [0.2, 0.25) is 0 Å². The summed E-state index contributed by atoms with van der Waals surface area (Å²) in [4.78, 5) is 6.33. The van der Waals surface area contributed by atoms with Gasteiger partial charge in [-0.15, -0.1) is 0 Å². The van der Waals surface area contributed by atoms with Gasteiger partial charge in [0.1, 0.15) is 5.82 Å². The molecule has 0 saturated carbocycles. The highest BCUT2D eigenvalue weighted by Crippen LogP contribution is 2.23. The zero-order chi connectivity index (χ0) is 12.3. The minimum Gasteiger partial charge on any atom is -0.388 e. The number of hydrogen-bond donors (Lipinski definition) is 1. The number of nitrogens with zero attached hydrogens (tertiary/aromatic N) is 2. The van der Waals surface area contributed by atoms with Crippen LogP contribution in [-0.2, 0) is 4.74 Å². The second kappa shape index (κ2) is 5.02. The lowest BCUT2D eigenvalue weighted by Gasteiger charge is -2.35. The number of ether oxygens (including phenoxy) is 1. The third kappa shape index (κ3) is 3.17. The number of aromatic nitrogens is 1. The summed E-state index contributed by atoms with van der Waals surface area (Å²) in [5.74, 6) is 0.907. The summed E-state index contributed by atoms with van der Waals surface area (Å²) >= 11 is 0. The molecule has 0 atom stereocenters. The summed E-state index contributed by atoms with van der Waals surface area (Å²) in [5.41, 5.74) is 0.541. The second-order valence-electron chi connectivity index (χ2n) is 4.88. The van der Waals surface area contributed by atoms with E-state index in [1.165, 1.54) is 5.56 Å². The molecule has 0 spiro atoms. The number of likely N-dealkylation sites (N-methyl/N-ethyl adjacent to an activating group) is 1.